The third kappa shape index (κ3) is 3.96. The molecule has 1 atom stereocenters. The Morgan fingerprint density at radius 2 is 1.96 bits per heavy atom. The fourth-order valence-electron chi connectivity index (χ4n) is 2.77. The number of nitrogens with two attached hydrogens (primary N) is 1. The zero-order valence-corrected chi connectivity index (χ0v) is 14.9. The van der Waals surface area contributed by atoms with Gasteiger partial charge in [-0.25, -0.2) is 4.39 Å². The van der Waals surface area contributed by atoms with E-state index in [-0.39, 0.29) is 17.5 Å². The Kier molecular flexibility index (Phi) is 5.59. The number of nitrogens with zero attached hydrogens (tertiary/aromatic N) is 1. The van der Waals surface area contributed by atoms with Gasteiger partial charge in [0.05, 0.1) is 18.2 Å². The minimum absolute atomic E-state index is 0.0440. The second kappa shape index (κ2) is 7.70. The smallest absolute Gasteiger partial charge is 0.254 e. The third-order valence-corrected chi connectivity index (χ3v) is 4.79. The molecule has 132 valence electrons. The molecule has 1 heterocycles. The molecule has 1 amide bonds. The van der Waals surface area contributed by atoms with Gasteiger partial charge >= 0.3 is 0 Å². The van der Waals surface area contributed by atoms with Crippen LogP contribution in [-0.2, 0) is 11.3 Å². The molecule has 2 N–H and O–H groups in total. The number of amides is 1. The number of hydrogen-bond donors (Lipinski definition) is 1. The van der Waals surface area contributed by atoms with Gasteiger partial charge in [-0.2, -0.15) is 0 Å². The summed E-state index contributed by atoms with van der Waals surface area (Å²) >= 11 is 11.9. The van der Waals surface area contributed by atoms with Gasteiger partial charge in [-0.15, -0.1) is 0 Å². The number of hydrogen-bond acceptors (Lipinski definition) is 3. The highest BCUT2D eigenvalue weighted by Gasteiger charge is 2.28. The Morgan fingerprint density at radius 1 is 1.24 bits per heavy atom. The van der Waals surface area contributed by atoms with E-state index in [0.29, 0.717) is 35.8 Å². The molecule has 1 saturated heterocycles. The van der Waals surface area contributed by atoms with Crippen molar-refractivity contribution in [3.05, 3.63) is 69.0 Å². The van der Waals surface area contributed by atoms with E-state index in [1.807, 2.05) is 12.1 Å². The summed E-state index contributed by atoms with van der Waals surface area (Å²) in [6.07, 6.45) is -0.500. The lowest BCUT2D eigenvalue weighted by Gasteiger charge is -2.33. The predicted molar refractivity (Wildman–Crippen MR) is 95.3 cm³/mol. The van der Waals surface area contributed by atoms with Crippen LogP contribution in [0.4, 0.5) is 4.39 Å². The van der Waals surface area contributed by atoms with Gasteiger partial charge in [0.1, 0.15) is 11.9 Å². The second-order valence-corrected chi connectivity index (χ2v) is 6.61. The normalized spacial score (nSPS) is 17.6. The van der Waals surface area contributed by atoms with Crippen LogP contribution in [0.2, 0.25) is 10.0 Å². The highest BCUT2D eigenvalue weighted by molar-refractivity contribution is 6.35. The van der Waals surface area contributed by atoms with E-state index in [9.17, 15) is 9.18 Å². The minimum atomic E-state index is -0.564. The summed E-state index contributed by atoms with van der Waals surface area (Å²) in [6.45, 7) is 1.52. The van der Waals surface area contributed by atoms with Crippen molar-refractivity contribution in [3.63, 3.8) is 0 Å². The zero-order chi connectivity index (χ0) is 18.0. The summed E-state index contributed by atoms with van der Waals surface area (Å²) < 4.78 is 19.5. The molecule has 1 aliphatic rings. The van der Waals surface area contributed by atoms with Crippen molar-refractivity contribution in [3.8, 4) is 0 Å². The average molecular weight is 383 g/mol. The van der Waals surface area contributed by atoms with Gasteiger partial charge in [0.15, 0.2) is 0 Å². The molecule has 0 radical (unpaired) electrons. The van der Waals surface area contributed by atoms with Crippen molar-refractivity contribution in [2.45, 2.75) is 12.6 Å². The van der Waals surface area contributed by atoms with Crippen LogP contribution in [0.1, 0.15) is 27.6 Å². The van der Waals surface area contributed by atoms with E-state index in [4.69, 9.17) is 33.7 Å². The van der Waals surface area contributed by atoms with Crippen LogP contribution in [0.5, 0.6) is 0 Å². The largest absolute Gasteiger partial charge is 0.370 e. The van der Waals surface area contributed by atoms with Gasteiger partial charge in [-0.3, -0.25) is 4.79 Å². The topological polar surface area (TPSA) is 55.6 Å². The molecular formula is C18H17Cl2FN2O2. The van der Waals surface area contributed by atoms with Gasteiger partial charge in [-0.05, 0) is 29.8 Å². The van der Waals surface area contributed by atoms with Crippen LogP contribution in [0, 0.1) is 5.82 Å². The Balaban J connectivity index is 1.78. The average Bonchev–Trinajstić information content (AvgIpc) is 2.64. The lowest BCUT2D eigenvalue weighted by atomic mass is 10.1. The van der Waals surface area contributed by atoms with Crippen LogP contribution < -0.4 is 5.73 Å². The summed E-state index contributed by atoms with van der Waals surface area (Å²) in [5.74, 6) is -0.673. The van der Waals surface area contributed by atoms with Crippen molar-refractivity contribution < 1.29 is 13.9 Å². The number of rotatable bonds is 3. The first-order chi connectivity index (χ1) is 12.0. The van der Waals surface area contributed by atoms with E-state index < -0.39 is 11.9 Å². The van der Waals surface area contributed by atoms with Crippen LogP contribution in [0.3, 0.4) is 0 Å². The summed E-state index contributed by atoms with van der Waals surface area (Å²) in [5.41, 5.74) is 7.59. The maximum absolute atomic E-state index is 13.8. The molecule has 0 saturated carbocycles. The van der Waals surface area contributed by atoms with Crippen molar-refractivity contribution in [2.24, 2.45) is 5.73 Å². The van der Waals surface area contributed by atoms with Gasteiger partial charge in [0.2, 0.25) is 0 Å². The van der Waals surface area contributed by atoms with Gasteiger partial charge < -0.3 is 15.4 Å². The molecule has 1 fully saturated rings. The number of carbonyl (C=O) groups is 1. The molecule has 25 heavy (non-hydrogen) atoms. The number of ether oxygens (including phenoxy) is 1. The summed E-state index contributed by atoms with van der Waals surface area (Å²) in [6, 6.07) is 9.78. The lowest BCUT2D eigenvalue weighted by molar-refractivity contribution is -0.0228. The summed E-state index contributed by atoms with van der Waals surface area (Å²) in [7, 11) is 0. The Morgan fingerprint density at radius 3 is 2.64 bits per heavy atom. The summed E-state index contributed by atoms with van der Waals surface area (Å²) in [4.78, 5) is 14.4. The molecule has 3 rings (SSSR count). The minimum Gasteiger partial charge on any atom is -0.370 e. The Hall–Kier alpha value is -1.66. The molecule has 0 aromatic heterocycles. The quantitative estimate of drug-likeness (QED) is 0.821. The van der Waals surface area contributed by atoms with Crippen molar-refractivity contribution in [1.29, 1.82) is 0 Å². The Bertz CT molecular complexity index is 783. The SMILES string of the molecule is NCc1ccc(C(=O)N2CCOC(c3cc(F)c(Cl)cc3Cl)C2)cc1. The number of benzene rings is 2. The lowest BCUT2D eigenvalue weighted by Crippen LogP contribution is -2.42. The first-order valence-electron chi connectivity index (χ1n) is 7.84. The highest BCUT2D eigenvalue weighted by Crippen LogP contribution is 2.32. The molecule has 0 bridgehead atoms. The van der Waals surface area contributed by atoms with E-state index in [2.05, 4.69) is 0 Å². The van der Waals surface area contributed by atoms with Crippen molar-refractivity contribution in [2.75, 3.05) is 19.7 Å². The number of morpholine rings is 1. The van der Waals surface area contributed by atoms with E-state index >= 15 is 0 Å². The molecule has 2 aromatic rings. The molecular weight excluding hydrogens is 366 g/mol. The fourth-order valence-corrected chi connectivity index (χ4v) is 3.28. The monoisotopic (exact) mass is 382 g/mol. The number of carbonyl (C=O) groups excluding carboxylic acids is 1. The van der Waals surface area contributed by atoms with Gasteiger partial charge in [-0.1, -0.05) is 35.3 Å². The van der Waals surface area contributed by atoms with E-state index in [0.717, 1.165) is 5.56 Å². The Labute approximate surface area is 155 Å². The first kappa shape index (κ1) is 18.1. The standard InChI is InChI=1S/C18H17Cl2FN2O2/c19-14-8-15(20)16(21)7-13(14)17-10-23(5-6-25-17)18(24)12-3-1-11(9-22)2-4-12/h1-4,7-8,17H,5-6,9-10,22H2. The molecule has 4 nitrogen and oxygen atoms in total. The van der Waals surface area contributed by atoms with Crippen LogP contribution in [-0.4, -0.2) is 30.5 Å². The molecule has 1 unspecified atom stereocenters. The van der Waals surface area contributed by atoms with Crippen molar-refractivity contribution >= 4 is 29.1 Å². The molecule has 2 aromatic carbocycles. The molecule has 7 heteroatoms. The zero-order valence-electron chi connectivity index (χ0n) is 13.3. The third-order valence-electron chi connectivity index (χ3n) is 4.18. The van der Waals surface area contributed by atoms with Crippen LogP contribution in [0.15, 0.2) is 36.4 Å². The van der Waals surface area contributed by atoms with Gasteiger partial charge in [0.25, 0.3) is 5.91 Å². The first-order valence-corrected chi connectivity index (χ1v) is 8.59. The van der Waals surface area contributed by atoms with Crippen LogP contribution >= 0.6 is 23.2 Å². The van der Waals surface area contributed by atoms with Crippen molar-refractivity contribution in [1.82, 2.24) is 4.90 Å². The fraction of sp³-hybridized carbons (Fsp3) is 0.278. The predicted octanol–water partition coefficient (Wildman–Crippen LogP) is 3.80. The van der Waals surface area contributed by atoms with Gasteiger partial charge in [0, 0.05) is 29.2 Å². The molecule has 1 aliphatic heterocycles. The maximum atomic E-state index is 13.8. The van der Waals surface area contributed by atoms with E-state index in [1.54, 1.807) is 17.0 Å². The number of halogens is 3. The van der Waals surface area contributed by atoms with E-state index in [1.165, 1.54) is 12.1 Å². The highest BCUT2D eigenvalue weighted by atomic mass is 35.5. The summed E-state index contributed by atoms with van der Waals surface area (Å²) in [5, 5.41) is 0.274. The maximum Gasteiger partial charge on any atom is 0.254 e. The molecule has 0 spiro atoms. The second-order valence-electron chi connectivity index (χ2n) is 5.80. The van der Waals surface area contributed by atoms with Crippen LogP contribution in [0.25, 0.3) is 0 Å². The molecule has 0 aliphatic carbocycles.